The molecule has 0 amide bonds. The fourth-order valence-corrected chi connectivity index (χ4v) is 1.98. The van der Waals surface area contributed by atoms with Gasteiger partial charge < -0.3 is 5.11 Å². The standard InChI is InChI=1S/C14H16O.C2H6/c1-10-8-9-13(14(2,3)15)12-7-5-4-6-11(10)12;1-2/h4-9,15H,1-3H3;1-2H3. The Kier molecular flexibility index (Phi) is 4.30. The van der Waals surface area contributed by atoms with Crippen LogP contribution in [-0.2, 0) is 5.60 Å². The van der Waals surface area contributed by atoms with Crippen molar-refractivity contribution in [1.29, 1.82) is 0 Å². The highest BCUT2D eigenvalue weighted by atomic mass is 16.3. The molecular formula is C16H22O. The van der Waals surface area contributed by atoms with E-state index in [1.54, 1.807) is 0 Å². The number of hydrogen-bond donors (Lipinski definition) is 1. The van der Waals surface area contributed by atoms with E-state index >= 15 is 0 Å². The summed E-state index contributed by atoms with van der Waals surface area (Å²) < 4.78 is 0. The van der Waals surface area contributed by atoms with Crippen molar-refractivity contribution in [3.05, 3.63) is 47.5 Å². The van der Waals surface area contributed by atoms with E-state index in [9.17, 15) is 5.11 Å². The molecular weight excluding hydrogens is 208 g/mol. The van der Waals surface area contributed by atoms with E-state index in [0.717, 1.165) is 10.9 Å². The number of rotatable bonds is 1. The summed E-state index contributed by atoms with van der Waals surface area (Å²) in [6, 6.07) is 12.3. The monoisotopic (exact) mass is 230 g/mol. The molecule has 0 heterocycles. The molecule has 0 saturated carbocycles. The third-order valence-corrected chi connectivity index (χ3v) is 2.80. The normalized spacial score (nSPS) is 10.9. The average Bonchev–Trinajstić information content (AvgIpc) is 2.31. The highest BCUT2D eigenvalue weighted by Gasteiger charge is 2.18. The SMILES string of the molecule is CC.Cc1ccc(C(C)(C)O)c2ccccc12. The summed E-state index contributed by atoms with van der Waals surface area (Å²) in [5, 5.41) is 12.4. The third kappa shape index (κ3) is 2.86. The van der Waals surface area contributed by atoms with Gasteiger partial charge in [0.05, 0.1) is 5.60 Å². The number of aryl methyl sites for hydroxylation is 1. The molecule has 0 unspecified atom stereocenters. The Morgan fingerprint density at radius 1 is 0.882 bits per heavy atom. The van der Waals surface area contributed by atoms with Crippen LogP contribution in [0.25, 0.3) is 10.8 Å². The summed E-state index contributed by atoms with van der Waals surface area (Å²) in [5.74, 6) is 0. The molecule has 1 heteroatoms. The molecule has 0 bridgehead atoms. The summed E-state index contributed by atoms with van der Waals surface area (Å²) in [6.45, 7) is 9.74. The first-order chi connectivity index (χ1) is 8.00. The van der Waals surface area contributed by atoms with Crippen LogP contribution in [0.5, 0.6) is 0 Å². The molecule has 92 valence electrons. The fraction of sp³-hybridized carbons (Fsp3) is 0.375. The first-order valence-corrected chi connectivity index (χ1v) is 6.21. The highest BCUT2D eigenvalue weighted by Crippen LogP contribution is 2.29. The average molecular weight is 230 g/mol. The van der Waals surface area contributed by atoms with Gasteiger partial charge in [0.2, 0.25) is 0 Å². The third-order valence-electron chi connectivity index (χ3n) is 2.80. The van der Waals surface area contributed by atoms with Gasteiger partial charge >= 0.3 is 0 Å². The lowest BCUT2D eigenvalue weighted by Gasteiger charge is -2.20. The van der Waals surface area contributed by atoms with Gasteiger partial charge in [-0.15, -0.1) is 0 Å². The van der Waals surface area contributed by atoms with E-state index < -0.39 is 5.60 Å². The highest BCUT2D eigenvalue weighted by molar-refractivity contribution is 5.89. The van der Waals surface area contributed by atoms with Crippen LogP contribution in [0.4, 0.5) is 0 Å². The quantitative estimate of drug-likeness (QED) is 0.769. The van der Waals surface area contributed by atoms with Gasteiger partial charge in [0.1, 0.15) is 0 Å². The molecule has 0 aliphatic rings. The van der Waals surface area contributed by atoms with Crippen molar-refractivity contribution in [2.24, 2.45) is 0 Å². The van der Waals surface area contributed by atoms with Gasteiger partial charge in [-0.2, -0.15) is 0 Å². The smallest absolute Gasteiger partial charge is 0.0846 e. The van der Waals surface area contributed by atoms with Gasteiger partial charge in [-0.05, 0) is 42.7 Å². The summed E-state index contributed by atoms with van der Waals surface area (Å²) >= 11 is 0. The van der Waals surface area contributed by atoms with Crippen molar-refractivity contribution in [1.82, 2.24) is 0 Å². The zero-order valence-corrected chi connectivity index (χ0v) is 11.4. The number of hydrogen-bond acceptors (Lipinski definition) is 1. The van der Waals surface area contributed by atoms with E-state index in [2.05, 4.69) is 25.1 Å². The molecule has 2 aromatic carbocycles. The summed E-state index contributed by atoms with van der Waals surface area (Å²) in [4.78, 5) is 0. The molecule has 2 rings (SSSR count). The number of aliphatic hydroxyl groups is 1. The van der Waals surface area contributed by atoms with E-state index in [-0.39, 0.29) is 0 Å². The lowest BCUT2D eigenvalue weighted by atomic mass is 9.91. The van der Waals surface area contributed by atoms with Crippen molar-refractivity contribution >= 4 is 10.8 Å². The molecule has 0 saturated heterocycles. The van der Waals surface area contributed by atoms with Crippen LogP contribution in [0, 0.1) is 6.92 Å². The van der Waals surface area contributed by atoms with E-state index in [4.69, 9.17) is 0 Å². The summed E-state index contributed by atoms with van der Waals surface area (Å²) in [7, 11) is 0. The molecule has 0 radical (unpaired) electrons. The molecule has 0 aliphatic heterocycles. The Bertz CT molecular complexity index is 492. The van der Waals surface area contributed by atoms with Gasteiger partial charge in [0.25, 0.3) is 0 Å². The van der Waals surface area contributed by atoms with E-state index in [0.29, 0.717) is 0 Å². The second-order valence-corrected chi connectivity index (χ2v) is 4.53. The predicted octanol–water partition coefficient (Wildman–Crippen LogP) is 4.40. The lowest BCUT2D eigenvalue weighted by Crippen LogP contribution is -2.15. The van der Waals surface area contributed by atoms with Crippen molar-refractivity contribution in [3.8, 4) is 0 Å². The molecule has 0 atom stereocenters. The van der Waals surface area contributed by atoms with Crippen LogP contribution in [0.15, 0.2) is 36.4 Å². The first-order valence-electron chi connectivity index (χ1n) is 6.21. The lowest BCUT2D eigenvalue weighted by molar-refractivity contribution is 0.0802. The van der Waals surface area contributed by atoms with Crippen LogP contribution in [0.1, 0.15) is 38.8 Å². The Hall–Kier alpha value is -1.34. The molecule has 0 fully saturated rings. The van der Waals surface area contributed by atoms with Crippen molar-refractivity contribution < 1.29 is 5.11 Å². The zero-order valence-electron chi connectivity index (χ0n) is 11.4. The Labute approximate surface area is 104 Å². The molecule has 0 spiro atoms. The van der Waals surface area contributed by atoms with Crippen molar-refractivity contribution in [2.45, 2.75) is 40.2 Å². The van der Waals surface area contributed by atoms with Gasteiger partial charge in [0.15, 0.2) is 0 Å². The largest absolute Gasteiger partial charge is 0.386 e. The minimum Gasteiger partial charge on any atom is -0.386 e. The molecule has 1 N–H and O–H groups in total. The van der Waals surface area contributed by atoms with E-state index in [1.165, 1.54) is 10.9 Å². The molecule has 1 nitrogen and oxygen atoms in total. The van der Waals surface area contributed by atoms with Gasteiger partial charge in [-0.3, -0.25) is 0 Å². The molecule has 17 heavy (non-hydrogen) atoms. The number of benzene rings is 2. The predicted molar refractivity (Wildman–Crippen MR) is 75.3 cm³/mol. The van der Waals surface area contributed by atoms with Crippen LogP contribution >= 0.6 is 0 Å². The topological polar surface area (TPSA) is 20.2 Å². The summed E-state index contributed by atoms with van der Waals surface area (Å²) in [6.07, 6.45) is 0. The fourth-order valence-electron chi connectivity index (χ4n) is 1.98. The Morgan fingerprint density at radius 3 is 1.94 bits per heavy atom. The molecule has 0 aliphatic carbocycles. The minimum atomic E-state index is -0.784. The second kappa shape index (κ2) is 5.33. The maximum absolute atomic E-state index is 10.1. The van der Waals surface area contributed by atoms with Crippen LogP contribution in [-0.4, -0.2) is 5.11 Å². The van der Waals surface area contributed by atoms with Crippen LogP contribution in [0.3, 0.4) is 0 Å². The Morgan fingerprint density at radius 2 is 1.41 bits per heavy atom. The first kappa shape index (κ1) is 13.7. The second-order valence-electron chi connectivity index (χ2n) is 4.53. The van der Waals surface area contributed by atoms with E-state index in [1.807, 2.05) is 45.9 Å². The van der Waals surface area contributed by atoms with Crippen molar-refractivity contribution in [3.63, 3.8) is 0 Å². The van der Waals surface area contributed by atoms with Gasteiger partial charge in [-0.25, -0.2) is 0 Å². The maximum Gasteiger partial charge on any atom is 0.0846 e. The minimum absolute atomic E-state index is 0.784. The van der Waals surface area contributed by atoms with Crippen LogP contribution < -0.4 is 0 Å². The number of fused-ring (bicyclic) bond motifs is 1. The maximum atomic E-state index is 10.1. The zero-order chi connectivity index (χ0) is 13.1. The summed E-state index contributed by atoms with van der Waals surface area (Å²) in [5.41, 5.74) is 1.45. The molecule has 2 aromatic rings. The van der Waals surface area contributed by atoms with Crippen molar-refractivity contribution in [2.75, 3.05) is 0 Å². The Balaban J connectivity index is 0.000000686. The van der Waals surface area contributed by atoms with Gasteiger partial charge in [-0.1, -0.05) is 50.2 Å². The molecule has 0 aromatic heterocycles. The van der Waals surface area contributed by atoms with Crippen LogP contribution in [0.2, 0.25) is 0 Å². The van der Waals surface area contributed by atoms with Gasteiger partial charge in [0, 0.05) is 0 Å².